The molecule has 5 nitrogen and oxygen atoms in total. The Hall–Kier alpha value is -1.95. The summed E-state index contributed by atoms with van der Waals surface area (Å²) in [5.74, 6) is 0.245. The van der Waals surface area contributed by atoms with Gasteiger partial charge >= 0.3 is 0 Å². The van der Waals surface area contributed by atoms with Gasteiger partial charge in [-0.15, -0.1) is 0 Å². The van der Waals surface area contributed by atoms with Crippen molar-refractivity contribution in [2.75, 3.05) is 16.8 Å². The number of carbonyl (C=O) groups excluding carboxylic acids is 1. The Morgan fingerprint density at radius 1 is 1.53 bits per heavy atom. The number of anilines is 2. The molecule has 1 aromatic heterocycles. The Bertz CT molecular complexity index is 594. The number of nitrogens with one attached hydrogen (secondary N) is 1. The first-order valence-corrected chi connectivity index (χ1v) is 6.81. The number of rotatable bonds is 4. The highest BCUT2D eigenvalue weighted by atomic mass is 32.2. The summed E-state index contributed by atoms with van der Waals surface area (Å²) < 4.78 is 1.88. The molecule has 0 atom stereocenters. The molecule has 0 radical (unpaired) electrons. The van der Waals surface area contributed by atoms with E-state index >= 15 is 0 Å². The standard InChI is InChI=1S/C13H16N4OS/c1-9-3-4-10(7-11(9)14)16-12(18)8-19-13-15-5-6-17(13)2/h3-7H,8,14H2,1-2H3,(H,16,18). The number of nitrogen functional groups attached to an aromatic ring is 1. The molecule has 0 spiro atoms. The number of aryl methyl sites for hydroxylation is 2. The number of amides is 1. The van der Waals surface area contributed by atoms with Gasteiger partial charge in [-0.05, 0) is 24.6 Å². The minimum atomic E-state index is -0.0729. The quantitative estimate of drug-likeness (QED) is 0.662. The minimum absolute atomic E-state index is 0.0729. The van der Waals surface area contributed by atoms with Crippen LogP contribution in [0.15, 0.2) is 35.7 Å². The van der Waals surface area contributed by atoms with Crippen molar-refractivity contribution in [2.24, 2.45) is 7.05 Å². The van der Waals surface area contributed by atoms with Gasteiger partial charge in [0.1, 0.15) is 0 Å². The van der Waals surface area contributed by atoms with Crippen molar-refractivity contribution in [3.05, 3.63) is 36.2 Å². The number of imidazole rings is 1. The van der Waals surface area contributed by atoms with Crippen molar-refractivity contribution >= 4 is 29.0 Å². The molecule has 6 heteroatoms. The molecule has 0 saturated heterocycles. The predicted octanol–water partition coefficient (Wildman–Crippen LogP) is 2.04. The predicted molar refractivity (Wildman–Crippen MR) is 78.2 cm³/mol. The zero-order valence-electron chi connectivity index (χ0n) is 10.9. The van der Waals surface area contributed by atoms with Crippen LogP contribution in [0.3, 0.4) is 0 Å². The molecule has 0 unspecified atom stereocenters. The lowest BCUT2D eigenvalue weighted by atomic mass is 10.2. The monoisotopic (exact) mass is 276 g/mol. The zero-order valence-corrected chi connectivity index (χ0v) is 11.7. The summed E-state index contributed by atoms with van der Waals surface area (Å²) in [4.78, 5) is 16.0. The van der Waals surface area contributed by atoms with Crippen LogP contribution in [0, 0.1) is 6.92 Å². The third-order valence-corrected chi connectivity index (χ3v) is 3.73. The number of nitrogens with zero attached hydrogens (tertiary/aromatic N) is 2. The van der Waals surface area contributed by atoms with Gasteiger partial charge in [0.15, 0.2) is 5.16 Å². The second-order valence-electron chi connectivity index (χ2n) is 4.23. The van der Waals surface area contributed by atoms with E-state index in [0.717, 1.165) is 10.7 Å². The molecule has 0 saturated carbocycles. The molecule has 0 aliphatic rings. The summed E-state index contributed by atoms with van der Waals surface area (Å²) in [5.41, 5.74) is 8.19. The Morgan fingerprint density at radius 2 is 2.32 bits per heavy atom. The summed E-state index contributed by atoms with van der Waals surface area (Å²) in [6.45, 7) is 1.93. The van der Waals surface area contributed by atoms with Crippen LogP contribution >= 0.6 is 11.8 Å². The molecule has 1 heterocycles. The molecular weight excluding hydrogens is 260 g/mol. The Kier molecular flexibility index (Phi) is 4.11. The lowest BCUT2D eigenvalue weighted by Gasteiger charge is -2.07. The SMILES string of the molecule is Cc1ccc(NC(=O)CSc2nccn2C)cc1N. The van der Waals surface area contributed by atoms with E-state index in [4.69, 9.17) is 5.73 Å². The van der Waals surface area contributed by atoms with Gasteiger partial charge in [0.05, 0.1) is 5.75 Å². The Labute approximate surface area is 116 Å². The highest BCUT2D eigenvalue weighted by molar-refractivity contribution is 7.99. The number of hydrogen-bond acceptors (Lipinski definition) is 4. The highest BCUT2D eigenvalue weighted by Gasteiger charge is 2.07. The third-order valence-electron chi connectivity index (χ3n) is 2.67. The van der Waals surface area contributed by atoms with Crippen molar-refractivity contribution < 1.29 is 4.79 Å². The van der Waals surface area contributed by atoms with Crippen molar-refractivity contribution in [2.45, 2.75) is 12.1 Å². The van der Waals surface area contributed by atoms with Crippen molar-refractivity contribution in [3.8, 4) is 0 Å². The van der Waals surface area contributed by atoms with Crippen LogP contribution in [0.1, 0.15) is 5.56 Å². The second-order valence-corrected chi connectivity index (χ2v) is 5.17. The molecule has 2 aromatic rings. The minimum Gasteiger partial charge on any atom is -0.398 e. The van der Waals surface area contributed by atoms with Gasteiger partial charge < -0.3 is 15.6 Å². The van der Waals surface area contributed by atoms with E-state index in [-0.39, 0.29) is 5.91 Å². The maximum absolute atomic E-state index is 11.8. The van der Waals surface area contributed by atoms with Crippen LogP contribution < -0.4 is 11.1 Å². The maximum Gasteiger partial charge on any atom is 0.234 e. The molecule has 1 aromatic carbocycles. The summed E-state index contributed by atoms with van der Waals surface area (Å²) in [6, 6.07) is 5.49. The highest BCUT2D eigenvalue weighted by Crippen LogP contribution is 2.18. The number of benzene rings is 1. The fourth-order valence-electron chi connectivity index (χ4n) is 1.54. The molecule has 3 N–H and O–H groups in total. The average molecular weight is 276 g/mol. The van der Waals surface area contributed by atoms with E-state index in [1.165, 1.54) is 11.8 Å². The van der Waals surface area contributed by atoms with Gasteiger partial charge in [0, 0.05) is 30.8 Å². The van der Waals surface area contributed by atoms with E-state index in [2.05, 4.69) is 10.3 Å². The van der Waals surface area contributed by atoms with Gasteiger partial charge in [-0.3, -0.25) is 4.79 Å². The fraction of sp³-hybridized carbons (Fsp3) is 0.231. The molecule has 2 rings (SSSR count). The fourth-order valence-corrected chi connectivity index (χ4v) is 2.27. The number of thioether (sulfide) groups is 1. The first-order chi connectivity index (χ1) is 9.06. The summed E-state index contributed by atoms with van der Waals surface area (Å²) >= 11 is 1.40. The van der Waals surface area contributed by atoms with Crippen LogP contribution in [-0.2, 0) is 11.8 Å². The van der Waals surface area contributed by atoms with Crippen LogP contribution in [0.4, 0.5) is 11.4 Å². The van der Waals surface area contributed by atoms with Gasteiger partial charge in [-0.25, -0.2) is 4.98 Å². The lowest BCUT2D eigenvalue weighted by molar-refractivity contribution is -0.113. The van der Waals surface area contributed by atoms with Crippen LogP contribution in [0.25, 0.3) is 0 Å². The van der Waals surface area contributed by atoms with Crippen molar-refractivity contribution in [3.63, 3.8) is 0 Å². The van der Waals surface area contributed by atoms with E-state index in [0.29, 0.717) is 17.1 Å². The third kappa shape index (κ3) is 3.51. The molecule has 0 bridgehead atoms. The number of aromatic nitrogens is 2. The maximum atomic E-state index is 11.8. The van der Waals surface area contributed by atoms with Gasteiger partial charge in [-0.1, -0.05) is 17.8 Å². The van der Waals surface area contributed by atoms with E-state index in [9.17, 15) is 4.79 Å². The van der Waals surface area contributed by atoms with Crippen molar-refractivity contribution in [1.29, 1.82) is 0 Å². The van der Waals surface area contributed by atoms with Gasteiger partial charge in [0.25, 0.3) is 0 Å². The molecule has 0 aliphatic heterocycles. The van der Waals surface area contributed by atoms with Gasteiger partial charge in [-0.2, -0.15) is 0 Å². The average Bonchev–Trinajstić information content (AvgIpc) is 2.77. The van der Waals surface area contributed by atoms with Crippen molar-refractivity contribution in [1.82, 2.24) is 9.55 Å². The first kappa shape index (κ1) is 13.5. The van der Waals surface area contributed by atoms with Crippen LogP contribution in [0.5, 0.6) is 0 Å². The lowest BCUT2D eigenvalue weighted by Crippen LogP contribution is -2.14. The molecule has 0 fully saturated rings. The van der Waals surface area contributed by atoms with E-state index < -0.39 is 0 Å². The Morgan fingerprint density at radius 3 is 2.95 bits per heavy atom. The summed E-state index contributed by atoms with van der Waals surface area (Å²) in [5, 5.41) is 3.63. The summed E-state index contributed by atoms with van der Waals surface area (Å²) in [7, 11) is 1.90. The number of carbonyl (C=O) groups is 1. The van der Waals surface area contributed by atoms with Crippen LogP contribution in [0.2, 0.25) is 0 Å². The first-order valence-electron chi connectivity index (χ1n) is 5.82. The smallest absolute Gasteiger partial charge is 0.234 e. The normalized spacial score (nSPS) is 10.4. The van der Waals surface area contributed by atoms with E-state index in [1.807, 2.05) is 36.9 Å². The second kappa shape index (κ2) is 5.79. The summed E-state index contributed by atoms with van der Waals surface area (Å²) in [6.07, 6.45) is 3.56. The number of nitrogens with two attached hydrogens (primary N) is 1. The topological polar surface area (TPSA) is 72.9 Å². The zero-order chi connectivity index (χ0) is 13.8. The molecule has 19 heavy (non-hydrogen) atoms. The largest absolute Gasteiger partial charge is 0.398 e. The molecule has 1 amide bonds. The number of hydrogen-bond donors (Lipinski definition) is 2. The molecule has 0 aliphatic carbocycles. The Balaban J connectivity index is 1.91. The van der Waals surface area contributed by atoms with E-state index in [1.54, 1.807) is 12.3 Å². The molecular formula is C13H16N4OS. The molecule has 100 valence electrons. The van der Waals surface area contributed by atoms with Crippen LogP contribution in [-0.4, -0.2) is 21.2 Å². The van der Waals surface area contributed by atoms with Gasteiger partial charge in [0.2, 0.25) is 5.91 Å².